The Kier molecular flexibility index (Phi) is 5.45. The maximum absolute atomic E-state index is 3.67. The molecule has 1 nitrogen and oxygen atoms in total. The maximum Gasteiger partial charge on any atom is 0.0207 e. The van der Waals surface area contributed by atoms with E-state index >= 15 is 0 Å². The molecule has 1 aliphatic rings. The molecule has 2 rings (SSSR count). The van der Waals surface area contributed by atoms with E-state index in [1.165, 1.54) is 35.8 Å². The molecule has 1 atom stereocenters. The summed E-state index contributed by atoms with van der Waals surface area (Å²) in [5.74, 6) is 0. The van der Waals surface area contributed by atoms with Crippen LogP contribution >= 0.6 is 15.9 Å². The van der Waals surface area contributed by atoms with Gasteiger partial charge in [0.1, 0.15) is 0 Å². The van der Waals surface area contributed by atoms with Gasteiger partial charge in [0.05, 0.1) is 0 Å². The predicted molar refractivity (Wildman–Crippen MR) is 81.9 cm³/mol. The second-order valence-electron chi connectivity index (χ2n) is 4.99. The minimum atomic E-state index is 0.679. The van der Waals surface area contributed by atoms with Crippen LogP contribution in [0.25, 0.3) is 0 Å². The molecule has 1 aliphatic heterocycles. The van der Waals surface area contributed by atoms with Crippen molar-refractivity contribution < 1.29 is 0 Å². The first-order valence-corrected chi connectivity index (χ1v) is 7.73. The van der Waals surface area contributed by atoms with Crippen LogP contribution in [0.1, 0.15) is 31.7 Å². The molecule has 0 saturated carbocycles. The van der Waals surface area contributed by atoms with E-state index in [9.17, 15) is 0 Å². The Bertz CT molecular complexity index is 400. The van der Waals surface area contributed by atoms with Crippen LogP contribution < -0.4 is 0 Å². The zero-order chi connectivity index (χ0) is 12.8. The maximum atomic E-state index is 3.67. The molecule has 0 radical (unpaired) electrons. The molecule has 0 aromatic heterocycles. The Labute approximate surface area is 119 Å². The fraction of sp³-hybridized carbons (Fsp3) is 0.500. The van der Waals surface area contributed by atoms with Gasteiger partial charge in [-0.25, -0.2) is 0 Å². The number of halogens is 1. The fourth-order valence-electron chi connectivity index (χ4n) is 2.66. The minimum Gasteiger partial charge on any atom is -0.296 e. The molecule has 1 unspecified atom stereocenters. The molecule has 1 aromatic rings. The van der Waals surface area contributed by atoms with Crippen LogP contribution in [0.4, 0.5) is 0 Å². The third kappa shape index (κ3) is 3.69. The van der Waals surface area contributed by atoms with Crippen molar-refractivity contribution in [2.24, 2.45) is 0 Å². The van der Waals surface area contributed by atoms with Crippen LogP contribution in [0, 0.1) is 0 Å². The quantitative estimate of drug-likeness (QED) is 0.728. The van der Waals surface area contributed by atoms with Crippen molar-refractivity contribution >= 4 is 15.9 Å². The van der Waals surface area contributed by atoms with Crippen molar-refractivity contribution in [3.63, 3.8) is 0 Å². The van der Waals surface area contributed by atoms with Gasteiger partial charge in [-0.1, -0.05) is 59.6 Å². The largest absolute Gasteiger partial charge is 0.296 e. The molecular weight excluding hydrogens is 286 g/mol. The Morgan fingerprint density at radius 2 is 2.11 bits per heavy atom. The topological polar surface area (TPSA) is 3.24 Å². The third-order valence-electron chi connectivity index (χ3n) is 3.64. The van der Waals surface area contributed by atoms with Crippen molar-refractivity contribution in [2.45, 2.75) is 38.6 Å². The zero-order valence-corrected chi connectivity index (χ0v) is 12.7. The van der Waals surface area contributed by atoms with Crippen molar-refractivity contribution in [1.29, 1.82) is 0 Å². The Morgan fingerprint density at radius 1 is 1.28 bits per heavy atom. The number of nitrogens with zero attached hydrogens (tertiary/aromatic N) is 1. The Balaban J connectivity index is 2.06. The molecule has 18 heavy (non-hydrogen) atoms. The lowest BCUT2D eigenvalue weighted by atomic mass is 9.99. The number of hydrogen-bond acceptors (Lipinski definition) is 1. The van der Waals surface area contributed by atoms with Gasteiger partial charge in [0, 0.05) is 23.6 Å². The highest BCUT2D eigenvalue weighted by atomic mass is 79.9. The van der Waals surface area contributed by atoms with Crippen molar-refractivity contribution in [3.05, 3.63) is 46.5 Å². The molecule has 98 valence electrons. The summed E-state index contributed by atoms with van der Waals surface area (Å²) in [6, 6.07) is 9.30. The third-order valence-corrected chi connectivity index (χ3v) is 4.41. The van der Waals surface area contributed by atoms with Gasteiger partial charge in [0.25, 0.3) is 0 Å². The van der Waals surface area contributed by atoms with Gasteiger partial charge in [-0.2, -0.15) is 0 Å². The van der Waals surface area contributed by atoms with Gasteiger partial charge in [0.2, 0.25) is 0 Å². The van der Waals surface area contributed by atoms with Crippen molar-refractivity contribution in [3.8, 4) is 0 Å². The van der Waals surface area contributed by atoms with E-state index < -0.39 is 0 Å². The second kappa shape index (κ2) is 7.10. The standard InChI is InChI=1S/C16H22BrN/c1-2-8-15(18-11-6-3-7-12-18)13-14-9-4-5-10-16(14)17/h3-6,9-10,15H,2,7-8,11-13H2,1H3. The first-order chi connectivity index (χ1) is 8.81. The summed E-state index contributed by atoms with van der Waals surface area (Å²) in [7, 11) is 0. The van der Waals surface area contributed by atoms with Gasteiger partial charge in [-0.05, 0) is 30.9 Å². The van der Waals surface area contributed by atoms with Crippen LogP contribution in [-0.4, -0.2) is 24.0 Å². The molecule has 0 saturated heterocycles. The summed E-state index contributed by atoms with van der Waals surface area (Å²) in [4.78, 5) is 2.63. The molecule has 1 aromatic carbocycles. The Hall–Kier alpha value is -0.600. The number of hydrogen-bond donors (Lipinski definition) is 0. The normalized spacial score (nSPS) is 17.9. The average Bonchev–Trinajstić information content (AvgIpc) is 2.42. The van der Waals surface area contributed by atoms with E-state index in [2.05, 4.69) is 64.2 Å². The van der Waals surface area contributed by atoms with Crippen LogP contribution in [0.3, 0.4) is 0 Å². The summed E-state index contributed by atoms with van der Waals surface area (Å²) in [6.45, 7) is 4.62. The summed E-state index contributed by atoms with van der Waals surface area (Å²) in [5, 5.41) is 0. The van der Waals surface area contributed by atoms with E-state index in [4.69, 9.17) is 0 Å². The highest BCUT2D eigenvalue weighted by molar-refractivity contribution is 9.10. The minimum absolute atomic E-state index is 0.679. The average molecular weight is 308 g/mol. The van der Waals surface area contributed by atoms with Crippen LogP contribution in [0.5, 0.6) is 0 Å². The van der Waals surface area contributed by atoms with Crippen molar-refractivity contribution in [1.82, 2.24) is 4.90 Å². The second-order valence-corrected chi connectivity index (χ2v) is 5.85. The smallest absolute Gasteiger partial charge is 0.0207 e. The molecule has 0 aliphatic carbocycles. The van der Waals surface area contributed by atoms with Crippen LogP contribution in [0.15, 0.2) is 40.9 Å². The first-order valence-electron chi connectivity index (χ1n) is 6.93. The Morgan fingerprint density at radius 3 is 2.78 bits per heavy atom. The van der Waals surface area contributed by atoms with Gasteiger partial charge in [-0.3, -0.25) is 4.90 Å². The SMILES string of the molecule is CCCC(Cc1ccccc1Br)N1CC=CCC1. The van der Waals surface area contributed by atoms with Gasteiger partial charge >= 0.3 is 0 Å². The lowest BCUT2D eigenvalue weighted by Gasteiger charge is -2.32. The summed E-state index contributed by atoms with van der Waals surface area (Å²) >= 11 is 3.67. The summed E-state index contributed by atoms with van der Waals surface area (Å²) in [6.07, 6.45) is 9.52. The highest BCUT2D eigenvalue weighted by Gasteiger charge is 2.19. The summed E-state index contributed by atoms with van der Waals surface area (Å²) < 4.78 is 1.25. The zero-order valence-electron chi connectivity index (χ0n) is 11.1. The molecule has 1 heterocycles. The number of benzene rings is 1. The predicted octanol–water partition coefficient (Wildman–Crippen LogP) is 4.42. The monoisotopic (exact) mass is 307 g/mol. The molecule has 2 heteroatoms. The van der Waals surface area contributed by atoms with E-state index in [1.54, 1.807) is 0 Å². The van der Waals surface area contributed by atoms with Gasteiger partial charge in [-0.15, -0.1) is 0 Å². The van der Waals surface area contributed by atoms with E-state index in [0.29, 0.717) is 6.04 Å². The van der Waals surface area contributed by atoms with E-state index in [1.807, 2.05) is 0 Å². The van der Waals surface area contributed by atoms with Crippen molar-refractivity contribution in [2.75, 3.05) is 13.1 Å². The molecular formula is C16H22BrN. The molecule has 0 N–H and O–H groups in total. The van der Waals surface area contributed by atoms with Gasteiger partial charge < -0.3 is 0 Å². The first kappa shape index (κ1) is 13.8. The summed E-state index contributed by atoms with van der Waals surface area (Å²) in [5.41, 5.74) is 1.44. The van der Waals surface area contributed by atoms with E-state index in [0.717, 1.165) is 13.0 Å². The lowest BCUT2D eigenvalue weighted by molar-refractivity contribution is 0.200. The van der Waals surface area contributed by atoms with Gasteiger partial charge in [0.15, 0.2) is 0 Å². The van der Waals surface area contributed by atoms with Crippen LogP contribution in [-0.2, 0) is 6.42 Å². The molecule has 0 fully saturated rings. The number of rotatable bonds is 5. The van der Waals surface area contributed by atoms with E-state index in [-0.39, 0.29) is 0 Å². The highest BCUT2D eigenvalue weighted by Crippen LogP contribution is 2.22. The molecule has 0 amide bonds. The van der Waals surface area contributed by atoms with Crippen LogP contribution in [0.2, 0.25) is 0 Å². The fourth-order valence-corrected chi connectivity index (χ4v) is 3.10. The lowest BCUT2D eigenvalue weighted by Crippen LogP contribution is -2.39. The molecule has 0 bridgehead atoms. The molecule has 0 spiro atoms.